The molecule has 0 saturated carbocycles. The van der Waals surface area contributed by atoms with E-state index in [9.17, 15) is 10.2 Å². The summed E-state index contributed by atoms with van der Waals surface area (Å²) < 4.78 is 1.87. The Morgan fingerprint density at radius 3 is 2.48 bits per heavy atom. The maximum absolute atomic E-state index is 9.70. The van der Waals surface area contributed by atoms with Crippen molar-refractivity contribution in [3.8, 4) is 11.5 Å². The summed E-state index contributed by atoms with van der Waals surface area (Å²) in [5.74, 6) is 0.584. The van der Waals surface area contributed by atoms with Crippen molar-refractivity contribution in [2.24, 2.45) is 7.05 Å². The van der Waals surface area contributed by atoms with Crippen LogP contribution in [-0.4, -0.2) is 20.0 Å². The number of nitrogens with zero attached hydrogens (tertiary/aromatic N) is 2. The summed E-state index contributed by atoms with van der Waals surface area (Å²) in [6, 6.07) is 6.71. The van der Waals surface area contributed by atoms with Crippen molar-refractivity contribution in [2.45, 2.75) is 32.9 Å². The normalized spacial score (nSPS) is 10.7. The Kier molecular flexibility index (Phi) is 6.05. The molecule has 6 heteroatoms. The Morgan fingerprint density at radius 1 is 1.19 bits per heavy atom. The van der Waals surface area contributed by atoms with Crippen LogP contribution >= 0.6 is 12.4 Å². The minimum absolute atomic E-state index is 0. The zero-order valence-corrected chi connectivity index (χ0v) is 13.3. The van der Waals surface area contributed by atoms with Crippen LogP contribution in [0.15, 0.2) is 24.3 Å². The van der Waals surface area contributed by atoms with Crippen LogP contribution in [0, 0.1) is 0 Å². The number of phenols is 2. The number of rotatable bonds is 5. The molecule has 0 fully saturated rings. The predicted octanol–water partition coefficient (Wildman–Crippen LogP) is 2.67. The van der Waals surface area contributed by atoms with E-state index in [0.717, 1.165) is 17.0 Å². The molecule has 0 aliphatic heterocycles. The van der Waals surface area contributed by atoms with E-state index in [1.807, 2.05) is 11.7 Å². The van der Waals surface area contributed by atoms with E-state index in [1.165, 1.54) is 6.07 Å². The van der Waals surface area contributed by atoms with Crippen LogP contribution < -0.4 is 5.32 Å². The number of benzene rings is 1. The molecule has 0 aliphatic carbocycles. The molecule has 0 unspecified atom stereocenters. The quantitative estimate of drug-likeness (QED) is 0.794. The van der Waals surface area contributed by atoms with Crippen LogP contribution in [0.25, 0.3) is 0 Å². The highest BCUT2D eigenvalue weighted by Gasteiger charge is 2.08. The number of phenolic OH excluding ortho intramolecular Hbond substituents is 2. The highest BCUT2D eigenvalue weighted by molar-refractivity contribution is 5.85. The predicted molar refractivity (Wildman–Crippen MR) is 84.9 cm³/mol. The zero-order chi connectivity index (χ0) is 14.7. The van der Waals surface area contributed by atoms with E-state index in [4.69, 9.17) is 0 Å². The third-order valence-electron chi connectivity index (χ3n) is 3.28. The highest BCUT2D eigenvalue weighted by atomic mass is 35.5. The minimum atomic E-state index is 0. The van der Waals surface area contributed by atoms with E-state index in [-0.39, 0.29) is 23.9 Å². The van der Waals surface area contributed by atoms with Crippen molar-refractivity contribution in [3.05, 3.63) is 41.2 Å². The van der Waals surface area contributed by atoms with Crippen molar-refractivity contribution < 1.29 is 10.2 Å². The summed E-state index contributed by atoms with van der Waals surface area (Å²) in [7, 11) is 1.93. The summed E-state index contributed by atoms with van der Waals surface area (Å²) in [4.78, 5) is 0. The molecule has 1 aromatic heterocycles. The molecule has 2 rings (SSSR count). The second-order valence-corrected chi connectivity index (χ2v) is 5.26. The van der Waals surface area contributed by atoms with Crippen molar-refractivity contribution >= 4 is 12.4 Å². The van der Waals surface area contributed by atoms with Gasteiger partial charge in [0.25, 0.3) is 0 Å². The summed E-state index contributed by atoms with van der Waals surface area (Å²) in [5, 5.41) is 26.7. The number of hydrogen-bond acceptors (Lipinski definition) is 4. The van der Waals surface area contributed by atoms with Gasteiger partial charge in [0.1, 0.15) is 11.5 Å². The molecule has 1 aromatic carbocycles. The Morgan fingerprint density at radius 2 is 1.90 bits per heavy atom. The van der Waals surface area contributed by atoms with Gasteiger partial charge in [-0.05, 0) is 18.1 Å². The number of halogens is 1. The van der Waals surface area contributed by atoms with Crippen molar-refractivity contribution in [2.75, 3.05) is 0 Å². The number of hydrogen-bond donors (Lipinski definition) is 3. The van der Waals surface area contributed by atoms with Gasteiger partial charge in [0.05, 0.1) is 11.4 Å². The fourth-order valence-electron chi connectivity index (χ4n) is 2.00. The molecule has 2 aromatic rings. The molecule has 21 heavy (non-hydrogen) atoms. The maximum atomic E-state index is 9.70. The Balaban J connectivity index is 0.00000220. The first-order valence-electron chi connectivity index (χ1n) is 6.71. The van der Waals surface area contributed by atoms with Gasteiger partial charge in [-0.25, -0.2) is 0 Å². The van der Waals surface area contributed by atoms with Crippen LogP contribution in [0.1, 0.15) is 36.7 Å². The van der Waals surface area contributed by atoms with Gasteiger partial charge in [-0.2, -0.15) is 5.10 Å². The average molecular weight is 312 g/mol. The van der Waals surface area contributed by atoms with Gasteiger partial charge in [0.15, 0.2) is 0 Å². The lowest BCUT2D eigenvalue weighted by Gasteiger charge is -2.07. The molecule has 1 heterocycles. The molecular weight excluding hydrogens is 290 g/mol. The number of aryl methyl sites for hydroxylation is 1. The van der Waals surface area contributed by atoms with Crippen LogP contribution in [0.2, 0.25) is 0 Å². The molecule has 0 atom stereocenters. The summed E-state index contributed by atoms with van der Waals surface area (Å²) >= 11 is 0. The average Bonchev–Trinajstić information content (AvgIpc) is 2.74. The monoisotopic (exact) mass is 311 g/mol. The Hall–Kier alpha value is -1.72. The zero-order valence-electron chi connectivity index (χ0n) is 12.5. The maximum Gasteiger partial charge on any atom is 0.123 e. The van der Waals surface area contributed by atoms with Crippen LogP contribution in [0.4, 0.5) is 0 Å². The second-order valence-electron chi connectivity index (χ2n) is 5.26. The first-order valence-corrected chi connectivity index (χ1v) is 6.71. The van der Waals surface area contributed by atoms with Crippen LogP contribution in [-0.2, 0) is 20.1 Å². The molecule has 116 valence electrons. The number of nitrogens with one attached hydrogen (secondary N) is 1. The lowest BCUT2D eigenvalue weighted by atomic mass is 10.1. The molecule has 0 spiro atoms. The van der Waals surface area contributed by atoms with E-state index in [1.54, 1.807) is 12.1 Å². The van der Waals surface area contributed by atoms with E-state index < -0.39 is 0 Å². The van der Waals surface area contributed by atoms with Crippen molar-refractivity contribution in [3.63, 3.8) is 0 Å². The van der Waals surface area contributed by atoms with E-state index >= 15 is 0 Å². The smallest absolute Gasteiger partial charge is 0.123 e. The summed E-state index contributed by atoms with van der Waals surface area (Å²) in [5.41, 5.74) is 2.94. The number of aromatic nitrogens is 2. The molecule has 0 aliphatic rings. The molecular formula is C15H22ClN3O2. The summed E-state index contributed by atoms with van der Waals surface area (Å²) in [6.45, 7) is 5.45. The molecule has 3 N–H and O–H groups in total. The molecule has 0 amide bonds. The highest BCUT2D eigenvalue weighted by Crippen LogP contribution is 2.22. The Bertz CT molecular complexity index is 597. The van der Waals surface area contributed by atoms with Gasteiger partial charge in [0, 0.05) is 31.8 Å². The van der Waals surface area contributed by atoms with Crippen molar-refractivity contribution in [1.29, 1.82) is 0 Å². The van der Waals surface area contributed by atoms with Crippen LogP contribution in [0.3, 0.4) is 0 Å². The van der Waals surface area contributed by atoms with Crippen LogP contribution in [0.5, 0.6) is 11.5 Å². The third kappa shape index (κ3) is 4.37. The SMILES string of the molecule is CC(C)c1cc(CNCc2ccc(O)cc2O)n(C)n1.Cl. The molecule has 0 bridgehead atoms. The first-order chi connectivity index (χ1) is 9.47. The molecule has 5 nitrogen and oxygen atoms in total. The molecule has 0 saturated heterocycles. The van der Waals surface area contributed by atoms with Gasteiger partial charge in [-0.15, -0.1) is 12.4 Å². The lowest BCUT2D eigenvalue weighted by Crippen LogP contribution is -2.15. The van der Waals surface area contributed by atoms with Gasteiger partial charge < -0.3 is 15.5 Å². The third-order valence-corrected chi connectivity index (χ3v) is 3.28. The fraction of sp³-hybridized carbons (Fsp3) is 0.400. The van der Waals surface area contributed by atoms with E-state index in [0.29, 0.717) is 19.0 Å². The number of aromatic hydroxyl groups is 2. The van der Waals surface area contributed by atoms with Crippen molar-refractivity contribution in [1.82, 2.24) is 15.1 Å². The topological polar surface area (TPSA) is 70.3 Å². The Labute approximate surface area is 131 Å². The fourth-order valence-corrected chi connectivity index (χ4v) is 2.00. The van der Waals surface area contributed by atoms with E-state index in [2.05, 4.69) is 30.3 Å². The van der Waals surface area contributed by atoms with Gasteiger partial charge in [-0.3, -0.25) is 4.68 Å². The first kappa shape index (κ1) is 17.3. The second kappa shape index (κ2) is 7.33. The van der Waals surface area contributed by atoms with Gasteiger partial charge >= 0.3 is 0 Å². The lowest BCUT2D eigenvalue weighted by molar-refractivity contribution is 0.443. The minimum Gasteiger partial charge on any atom is -0.508 e. The van der Waals surface area contributed by atoms with Gasteiger partial charge in [0.2, 0.25) is 0 Å². The standard InChI is InChI=1S/C15H21N3O2.ClH/c1-10(2)14-6-12(18(3)17-14)9-16-8-11-4-5-13(19)7-15(11)20;/h4-7,10,16,19-20H,8-9H2,1-3H3;1H. The van der Waals surface area contributed by atoms with Gasteiger partial charge in [-0.1, -0.05) is 19.9 Å². The molecule has 0 radical (unpaired) electrons. The summed E-state index contributed by atoms with van der Waals surface area (Å²) in [6.07, 6.45) is 0. The largest absolute Gasteiger partial charge is 0.508 e.